The average Bonchev–Trinajstić information content (AvgIpc) is 2.34. The molecule has 0 radical (unpaired) electrons. The van der Waals surface area contributed by atoms with Gasteiger partial charge in [0.25, 0.3) is 0 Å². The van der Waals surface area contributed by atoms with Gasteiger partial charge in [0.05, 0.1) is 6.73 Å². The van der Waals surface area contributed by atoms with Crippen molar-refractivity contribution in [1.82, 2.24) is 9.80 Å². The second kappa shape index (κ2) is 3.32. The van der Waals surface area contributed by atoms with E-state index < -0.39 is 0 Å². The summed E-state index contributed by atoms with van der Waals surface area (Å²) in [6.07, 6.45) is 1.19. The Morgan fingerprint density at radius 3 is 2.60 bits per heavy atom. The molecule has 0 amide bonds. The van der Waals surface area contributed by atoms with Crippen molar-refractivity contribution in [2.75, 3.05) is 33.9 Å². The second-order valence-electron chi connectivity index (χ2n) is 3.12. The van der Waals surface area contributed by atoms with E-state index in [1.54, 1.807) is 0 Å². The van der Waals surface area contributed by atoms with Crippen LogP contribution in [0.1, 0.15) is 6.42 Å². The number of hydrogen-bond donors (Lipinski definition) is 1. The molecule has 0 aromatic carbocycles. The fourth-order valence-corrected chi connectivity index (χ4v) is 1.36. The van der Waals surface area contributed by atoms with Crippen LogP contribution in [0.15, 0.2) is 0 Å². The van der Waals surface area contributed by atoms with Gasteiger partial charge in [-0.1, -0.05) is 0 Å². The maximum Gasteiger partial charge on any atom is 0.0957 e. The lowest BCUT2D eigenvalue weighted by atomic mass is 10.2. The molecule has 0 bridgehead atoms. The van der Waals surface area contributed by atoms with E-state index >= 15 is 0 Å². The quantitative estimate of drug-likeness (QED) is 0.570. The Balaban J connectivity index is 2.28. The number of nitrogens with zero attached hydrogens (tertiary/aromatic N) is 2. The molecule has 0 saturated carbocycles. The third-order valence-electron chi connectivity index (χ3n) is 2.18. The highest BCUT2D eigenvalue weighted by atomic mass is 16.3. The molecular formula is C7H16N2O. The molecule has 0 spiro atoms. The lowest BCUT2D eigenvalue weighted by Gasteiger charge is -2.18. The molecule has 1 rings (SSSR count). The molecule has 60 valence electrons. The number of hydrogen-bond acceptors (Lipinski definition) is 3. The van der Waals surface area contributed by atoms with E-state index in [-0.39, 0.29) is 6.73 Å². The van der Waals surface area contributed by atoms with Gasteiger partial charge in [0, 0.05) is 19.1 Å². The number of aliphatic hydroxyl groups is 1. The largest absolute Gasteiger partial charge is 0.381 e. The molecule has 3 nitrogen and oxygen atoms in total. The highest BCUT2D eigenvalue weighted by molar-refractivity contribution is 4.78. The lowest BCUT2D eigenvalue weighted by Crippen LogP contribution is -2.31. The van der Waals surface area contributed by atoms with E-state index in [1.807, 2.05) is 0 Å². The van der Waals surface area contributed by atoms with Crippen molar-refractivity contribution in [2.24, 2.45) is 0 Å². The second-order valence-corrected chi connectivity index (χ2v) is 3.12. The molecule has 1 N–H and O–H groups in total. The van der Waals surface area contributed by atoms with Crippen LogP contribution >= 0.6 is 0 Å². The van der Waals surface area contributed by atoms with Crippen molar-refractivity contribution in [3.8, 4) is 0 Å². The topological polar surface area (TPSA) is 26.7 Å². The van der Waals surface area contributed by atoms with Crippen LogP contribution in [0.2, 0.25) is 0 Å². The summed E-state index contributed by atoms with van der Waals surface area (Å²) in [7, 11) is 4.18. The first kappa shape index (κ1) is 7.98. The maximum atomic E-state index is 8.77. The number of likely N-dealkylation sites (tertiary alicyclic amines) is 1. The summed E-state index contributed by atoms with van der Waals surface area (Å²) in [4.78, 5) is 4.28. The van der Waals surface area contributed by atoms with E-state index in [1.165, 1.54) is 6.42 Å². The fraction of sp³-hybridized carbons (Fsp3) is 1.00. The Bertz CT molecular complexity index is 106. The van der Waals surface area contributed by atoms with Gasteiger partial charge in [-0.2, -0.15) is 0 Å². The van der Waals surface area contributed by atoms with Crippen LogP contribution in [0, 0.1) is 0 Å². The van der Waals surface area contributed by atoms with Crippen LogP contribution in [0.3, 0.4) is 0 Å². The number of rotatable bonds is 2. The summed E-state index contributed by atoms with van der Waals surface area (Å²) in [5, 5.41) is 8.77. The minimum Gasteiger partial charge on any atom is -0.381 e. The van der Waals surface area contributed by atoms with Crippen molar-refractivity contribution in [3.63, 3.8) is 0 Å². The van der Waals surface area contributed by atoms with Crippen LogP contribution in [-0.4, -0.2) is 54.9 Å². The highest BCUT2D eigenvalue weighted by Gasteiger charge is 2.22. The van der Waals surface area contributed by atoms with E-state index in [0.29, 0.717) is 6.04 Å². The summed E-state index contributed by atoms with van der Waals surface area (Å²) in [5.41, 5.74) is 0. The summed E-state index contributed by atoms with van der Waals surface area (Å²) < 4.78 is 0. The Hall–Kier alpha value is -0.120. The Morgan fingerprint density at radius 1 is 1.60 bits per heavy atom. The van der Waals surface area contributed by atoms with E-state index in [4.69, 9.17) is 5.11 Å². The third-order valence-corrected chi connectivity index (χ3v) is 2.18. The standard InChI is InChI=1S/C7H16N2O/c1-8(2)7-3-4-9(5-7)6-10/h7,10H,3-6H2,1-2H3/t7-/m0/s1. The Kier molecular flexibility index (Phi) is 2.65. The van der Waals surface area contributed by atoms with Crippen LogP contribution < -0.4 is 0 Å². The summed E-state index contributed by atoms with van der Waals surface area (Å²) >= 11 is 0. The average molecular weight is 144 g/mol. The molecule has 1 aliphatic rings. The fourth-order valence-electron chi connectivity index (χ4n) is 1.36. The Labute approximate surface area is 62.2 Å². The highest BCUT2D eigenvalue weighted by Crippen LogP contribution is 2.11. The lowest BCUT2D eigenvalue weighted by molar-refractivity contribution is 0.123. The minimum atomic E-state index is 0.213. The normalized spacial score (nSPS) is 28.2. The van der Waals surface area contributed by atoms with Crippen molar-refractivity contribution in [2.45, 2.75) is 12.5 Å². The van der Waals surface area contributed by atoms with E-state index in [9.17, 15) is 0 Å². The maximum absolute atomic E-state index is 8.77. The molecule has 1 saturated heterocycles. The molecule has 1 fully saturated rings. The van der Waals surface area contributed by atoms with Gasteiger partial charge in [0.2, 0.25) is 0 Å². The molecule has 0 unspecified atom stereocenters. The molecular weight excluding hydrogens is 128 g/mol. The number of aliphatic hydroxyl groups excluding tert-OH is 1. The molecule has 0 aromatic heterocycles. The van der Waals surface area contributed by atoms with E-state index in [0.717, 1.165) is 13.1 Å². The van der Waals surface area contributed by atoms with E-state index in [2.05, 4.69) is 23.9 Å². The number of likely N-dealkylation sites (N-methyl/N-ethyl adjacent to an activating group) is 1. The van der Waals surface area contributed by atoms with Gasteiger partial charge in [0.1, 0.15) is 0 Å². The molecule has 0 aromatic rings. The monoisotopic (exact) mass is 144 g/mol. The van der Waals surface area contributed by atoms with Gasteiger partial charge < -0.3 is 10.0 Å². The first-order valence-corrected chi connectivity index (χ1v) is 3.73. The zero-order valence-corrected chi connectivity index (χ0v) is 6.75. The first-order chi connectivity index (χ1) is 4.74. The zero-order valence-electron chi connectivity index (χ0n) is 6.75. The third kappa shape index (κ3) is 1.68. The van der Waals surface area contributed by atoms with Crippen LogP contribution in [0.5, 0.6) is 0 Å². The van der Waals surface area contributed by atoms with Crippen molar-refractivity contribution < 1.29 is 5.11 Å². The summed E-state index contributed by atoms with van der Waals surface area (Å²) in [5.74, 6) is 0. The van der Waals surface area contributed by atoms with Gasteiger partial charge in [-0.05, 0) is 20.5 Å². The van der Waals surface area contributed by atoms with Gasteiger partial charge in [-0.15, -0.1) is 0 Å². The molecule has 1 heterocycles. The van der Waals surface area contributed by atoms with Crippen LogP contribution in [-0.2, 0) is 0 Å². The van der Waals surface area contributed by atoms with Gasteiger partial charge in [-0.25, -0.2) is 0 Å². The van der Waals surface area contributed by atoms with Gasteiger partial charge in [0.15, 0.2) is 0 Å². The molecule has 10 heavy (non-hydrogen) atoms. The van der Waals surface area contributed by atoms with Crippen molar-refractivity contribution >= 4 is 0 Å². The first-order valence-electron chi connectivity index (χ1n) is 3.73. The van der Waals surface area contributed by atoms with Crippen molar-refractivity contribution in [3.05, 3.63) is 0 Å². The molecule has 1 atom stereocenters. The predicted octanol–water partition coefficient (Wildman–Crippen LogP) is -0.428. The van der Waals surface area contributed by atoms with Crippen LogP contribution in [0.4, 0.5) is 0 Å². The minimum absolute atomic E-state index is 0.213. The Morgan fingerprint density at radius 2 is 2.30 bits per heavy atom. The van der Waals surface area contributed by atoms with Gasteiger partial charge >= 0.3 is 0 Å². The molecule has 3 heteroatoms. The van der Waals surface area contributed by atoms with Crippen LogP contribution in [0.25, 0.3) is 0 Å². The summed E-state index contributed by atoms with van der Waals surface area (Å²) in [6, 6.07) is 0.646. The zero-order chi connectivity index (χ0) is 7.56. The van der Waals surface area contributed by atoms with Gasteiger partial charge in [-0.3, -0.25) is 4.90 Å². The van der Waals surface area contributed by atoms with Crippen molar-refractivity contribution in [1.29, 1.82) is 0 Å². The summed E-state index contributed by atoms with van der Waals surface area (Å²) in [6.45, 7) is 2.27. The SMILES string of the molecule is CN(C)[C@H]1CCN(CO)C1. The smallest absolute Gasteiger partial charge is 0.0957 e. The molecule has 0 aliphatic carbocycles. The molecule has 1 aliphatic heterocycles. The predicted molar refractivity (Wildman–Crippen MR) is 40.8 cm³/mol.